The first-order valence-electron chi connectivity index (χ1n) is 7.92. The second-order valence-electron chi connectivity index (χ2n) is 6.51. The molecule has 1 fully saturated rings. The van der Waals surface area contributed by atoms with E-state index in [1.54, 1.807) is 11.8 Å². The molecular formula is C16H25Cl3N4OS. The molecular weight excluding hydrogens is 403 g/mol. The van der Waals surface area contributed by atoms with Gasteiger partial charge in [-0.3, -0.25) is 0 Å². The summed E-state index contributed by atoms with van der Waals surface area (Å²) < 4.78 is 0. The highest BCUT2D eigenvalue weighted by Crippen LogP contribution is 2.32. The SMILES string of the molecule is CC(C)(O)CCSc1nc2cc(Cl)c(N3CCNCC3)cc2[nH]1.Cl.Cl. The van der Waals surface area contributed by atoms with Gasteiger partial charge in [0.2, 0.25) is 0 Å². The van der Waals surface area contributed by atoms with Crippen molar-refractivity contribution in [3.05, 3.63) is 17.2 Å². The number of nitrogens with one attached hydrogen (secondary N) is 2. The minimum atomic E-state index is -0.641. The maximum Gasteiger partial charge on any atom is 0.166 e. The Hall–Kier alpha value is -0.370. The van der Waals surface area contributed by atoms with Gasteiger partial charge in [0.05, 0.1) is 27.3 Å². The van der Waals surface area contributed by atoms with Gasteiger partial charge in [0.1, 0.15) is 0 Å². The fourth-order valence-corrected chi connectivity index (χ4v) is 4.03. The molecule has 0 saturated carbocycles. The fraction of sp³-hybridized carbons (Fsp3) is 0.562. The summed E-state index contributed by atoms with van der Waals surface area (Å²) in [4.78, 5) is 10.3. The highest BCUT2D eigenvalue weighted by molar-refractivity contribution is 7.99. The average molecular weight is 428 g/mol. The number of halogens is 3. The number of aromatic amines is 1. The molecule has 3 rings (SSSR count). The number of thioether (sulfide) groups is 1. The summed E-state index contributed by atoms with van der Waals surface area (Å²) >= 11 is 8.08. The number of piperazine rings is 1. The molecule has 1 aromatic carbocycles. The van der Waals surface area contributed by atoms with E-state index in [1.165, 1.54) is 0 Å². The van der Waals surface area contributed by atoms with Crippen LogP contribution in [-0.4, -0.2) is 52.6 Å². The summed E-state index contributed by atoms with van der Waals surface area (Å²) in [5, 5.41) is 14.8. The normalized spacial score (nSPS) is 15.0. The van der Waals surface area contributed by atoms with E-state index in [1.807, 2.05) is 19.9 Å². The van der Waals surface area contributed by atoms with Gasteiger partial charge < -0.3 is 20.3 Å². The molecule has 9 heteroatoms. The summed E-state index contributed by atoms with van der Waals surface area (Å²) in [5.74, 6) is 0.821. The molecule has 3 N–H and O–H groups in total. The van der Waals surface area contributed by atoms with E-state index in [9.17, 15) is 5.11 Å². The van der Waals surface area contributed by atoms with Crippen molar-refractivity contribution in [3.63, 3.8) is 0 Å². The molecule has 2 aromatic rings. The zero-order valence-electron chi connectivity index (χ0n) is 14.3. The van der Waals surface area contributed by atoms with E-state index in [2.05, 4.69) is 26.3 Å². The van der Waals surface area contributed by atoms with Crippen LogP contribution in [0.5, 0.6) is 0 Å². The molecule has 0 spiro atoms. The van der Waals surface area contributed by atoms with Crippen molar-refractivity contribution in [1.82, 2.24) is 15.3 Å². The predicted octanol–water partition coefficient (Wildman–Crippen LogP) is 3.72. The number of aromatic nitrogens is 2. The van der Waals surface area contributed by atoms with Crippen LogP contribution in [0.3, 0.4) is 0 Å². The first-order valence-corrected chi connectivity index (χ1v) is 9.29. The molecule has 25 heavy (non-hydrogen) atoms. The monoisotopic (exact) mass is 426 g/mol. The Morgan fingerprint density at radius 3 is 2.60 bits per heavy atom. The smallest absolute Gasteiger partial charge is 0.166 e. The van der Waals surface area contributed by atoms with Crippen molar-refractivity contribution in [2.45, 2.75) is 31.0 Å². The van der Waals surface area contributed by atoms with Crippen molar-refractivity contribution in [3.8, 4) is 0 Å². The van der Waals surface area contributed by atoms with Crippen LogP contribution in [0.15, 0.2) is 17.3 Å². The van der Waals surface area contributed by atoms with E-state index >= 15 is 0 Å². The first kappa shape index (κ1) is 22.7. The Balaban J connectivity index is 0.00000156. The van der Waals surface area contributed by atoms with E-state index < -0.39 is 5.60 Å². The van der Waals surface area contributed by atoms with Crippen molar-refractivity contribution >= 4 is 64.9 Å². The molecule has 1 aromatic heterocycles. The van der Waals surface area contributed by atoms with Crippen molar-refractivity contribution < 1.29 is 5.11 Å². The van der Waals surface area contributed by atoms with E-state index in [-0.39, 0.29) is 24.8 Å². The van der Waals surface area contributed by atoms with Crippen molar-refractivity contribution in [2.75, 3.05) is 36.8 Å². The summed E-state index contributed by atoms with van der Waals surface area (Å²) in [7, 11) is 0. The van der Waals surface area contributed by atoms with Gasteiger partial charge in [0.15, 0.2) is 5.16 Å². The average Bonchev–Trinajstić information content (AvgIpc) is 2.87. The highest BCUT2D eigenvalue weighted by atomic mass is 35.5. The molecule has 5 nitrogen and oxygen atoms in total. The number of imidazole rings is 1. The topological polar surface area (TPSA) is 64.2 Å². The largest absolute Gasteiger partial charge is 0.390 e. The van der Waals surface area contributed by atoms with Crippen LogP contribution >= 0.6 is 48.2 Å². The van der Waals surface area contributed by atoms with Crippen molar-refractivity contribution in [1.29, 1.82) is 0 Å². The number of anilines is 1. The van der Waals surface area contributed by atoms with Gasteiger partial charge in [-0.2, -0.15) is 0 Å². The number of benzene rings is 1. The lowest BCUT2D eigenvalue weighted by molar-refractivity contribution is 0.0777. The lowest BCUT2D eigenvalue weighted by Gasteiger charge is -2.30. The van der Waals surface area contributed by atoms with Gasteiger partial charge in [-0.05, 0) is 32.4 Å². The van der Waals surface area contributed by atoms with Gasteiger partial charge in [-0.25, -0.2) is 4.98 Å². The van der Waals surface area contributed by atoms with Crippen LogP contribution in [0.1, 0.15) is 20.3 Å². The Morgan fingerprint density at radius 2 is 1.96 bits per heavy atom. The highest BCUT2D eigenvalue weighted by Gasteiger charge is 2.16. The lowest BCUT2D eigenvalue weighted by atomic mass is 10.1. The Kier molecular flexibility index (Phi) is 8.64. The number of hydrogen-bond donors (Lipinski definition) is 3. The summed E-state index contributed by atoms with van der Waals surface area (Å²) in [6.45, 7) is 7.54. The molecule has 0 unspecified atom stereocenters. The number of aliphatic hydroxyl groups is 1. The van der Waals surface area contributed by atoms with E-state index in [0.717, 1.165) is 65.3 Å². The van der Waals surface area contributed by atoms with Crippen LogP contribution in [-0.2, 0) is 0 Å². The zero-order chi connectivity index (χ0) is 16.4. The van der Waals surface area contributed by atoms with Crippen LogP contribution in [0.2, 0.25) is 5.02 Å². The Morgan fingerprint density at radius 1 is 1.28 bits per heavy atom. The molecule has 0 bridgehead atoms. The molecule has 0 aliphatic carbocycles. The number of nitrogens with zero attached hydrogens (tertiary/aromatic N) is 2. The fourth-order valence-electron chi connectivity index (χ4n) is 2.61. The van der Waals surface area contributed by atoms with Gasteiger partial charge in [-0.15, -0.1) is 24.8 Å². The van der Waals surface area contributed by atoms with Crippen LogP contribution in [0.4, 0.5) is 5.69 Å². The molecule has 0 atom stereocenters. The van der Waals surface area contributed by atoms with Gasteiger partial charge >= 0.3 is 0 Å². The molecule has 1 aliphatic rings. The Bertz CT molecular complexity index is 684. The molecule has 1 aliphatic heterocycles. The van der Waals surface area contributed by atoms with Gasteiger partial charge in [-0.1, -0.05) is 23.4 Å². The minimum Gasteiger partial charge on any atom is -0.390 e. The standard InChI is InChI=1S/C16H23ClN4OS.2ClH/c1-16(2,22)3-8-23-15-19-12-9-11(17)14(10-13(12)20-15)21-6-4-18-5-7-21;;/h9-10,18,22H,3-8H2,1-2H3,(H,19,20);2*1H. The third-order valence-electron chi connectivity index (χ3n) is 3.94. The second-order valence-corrected chi connectivity index (χ2v) is 8.00. The summed E-state index contributed by atoms with van der Waals surface area (Å²) in [6.07, 6.45) is 0.724. The van der Waals surface area contributed by atoms with Gasteiger partial charge in [0.25, 0.3) is 0 Å². The molecule has 2 heterocycles. The molecule has 0 radical (unpaired) electrons. The van der Waals surface area contributed by atoms with Crippen LogP contribution < -0.4 is 10.2 Å². The van der Waals surface area contributed by atoms with Crippen molar-refractivity contribution in [2.24, 2.45) is 0 Å². The number of hydrogen-bond acceptors (Lipinski definition) is 5. The number of fused-ring (bicyclic) bond motifs is 1. The van der Waals surface area contributed by atoms with Gasteiger partial charge in [0, 0.05) is 31.9 Å². The molecule has 1 saturated heterocycles. The first-order chi connectivity index (χ1) is 10.9. The Labute approximate surface area is 170 Å². The van der Waals surface area contributed by atoms with E-state index in [0.29, 0.717) is 0 Å². The zero-order valence-corrected chi connectivity index (χ0v) is 17.5. The maximum absolute atomic E-state index is 9.78. The van der Waals surface area contributed by atoms with E-state index in [4.69, 9.17) is 11.6 Å². The quantitative estimate of drug-likeness (QED) is 0.635. The third-order valence-corrected chi connectivity index (χ3v) is 5.12. The van der Waals surface area contributed by atoms with Crippen LogP contribution in [0.25, 0.3) is 11.0 Å². The number of rotatable bonds is 5. The third kappa shape index (κ3) is 6.08. The lowest BCUT2D eigenvalue weighted by Crippen LogP contribution is -2.43. The maximum atomic E-state index is 9.78. The molecule has 142 valence electrons. The summed E-state index contributed by atoms with van der Waals surface area (Å²) in [6, 6.07) is 4.03. The predicted molar refractivity (Wildman–Crippen MR) is 112 cm³/mol. The molecule has 0 amide bonds. The summed E-state index contributed by atoms with van der Waals surface area (Å²) in [5.41, 5.74) is 2.32. The van der Waals surface area contributed by atoms with Crippen LogP contribution in [0, 0.1) is 0 Å². The minimum absolute atomic E-state index is 0. The second kappa shape index (κ2) is 9.53. The number of H-pyrrole nitrogens is 1.